The average Bonchev–Trinajstić information content (AvgIpc) is 1.99. The van der Waals surface area contributed by atoms with Gasteiger partial charge in [0.1, 0.15) is 0 Å². The predicted octanol–water partition coefficient (Wildman–Crippen LogP) is 1.10. The molecule has 0 aromatic heterocycles. The minimum Gasteiger partial charge on any atom is -0.395 e. The molecule has 0 aliphatic carbocycles. The van der Waals surface area contributed by atoms with Gasteiger partial charge in [0.25, 0.3) is 0 Å². The maximum atomic E-state index is 5.76. The van der Waals surface area contributed by atoms with Crippen LogP contribution in [-0.2, 0) is 8.85 Å². The van der Waals surface area contributed by atoms with Crippen LogP contribution >= 0.6 is 0 Å². The molecule has 0 amide bonds. The molecule has 0 aromatic carbocycles. The second-order valence-corrected chi connectivity index (χ2v) is 6.61. The number of hydrogen-bond donors (Lipinski definition) is 1. The summed E-state index contributed by atoms with van der Waals surface area (Å²) in [6.07, 6.45) is 1.18. The Balaban J connectivity index is 2.36. The first-order valence-electron chi connectivity index (χ1n) is 4.75. The van der Waals surface area contributed by atoms with E-state index in [1.165, 1.54) is 6.42 Å². The molecule has 3 nitrogen and oxygen atoms in total. The number of nitrogens with one attached hydrogen (secondary N) is 1. The molecule has 0 saturated carbocycles. The van der Waals surface area contributed by atoms with Crippen LogP contribution in [0.25, 0.3) is 0 Å². The van der Waals surface area contributed by atoms with Crippen molar-refractivity contribution in [1.29, 1.82) is 0 Å². The smallest absolute Gasteiger partial charge is 0.335 e. The van der Waals surface area contributed by atoms with E-state index in [1.54, 1.807) is 0 Å². The molecule has 0 aromatic rings. The fourth-order valence-corrected chi connectivity index (χ4v) is 3.83. The van der Waals surface area contributed by atoms with Crippen molar-refractivity contribution in [2.75, 3.05) is 26.3 Å². The topological polar surface area (TPSA) is 30.5 Å². The van der Waals surface area contributed by atoms with Crippen molar-refractivity contribution in [3.8, 4) is 0 Å². The zero-order valence-electron chi connectivity index (χ0n) is 8.06. The largest absolute Gasteiger partial charge is 0.395 e. The summed E-state index contributed by atoms with van der Waals surface area (Å²) in [6, 6.07) is 1.12. The minimum atomic E-state index is -1.76. The van der Waals surface area contributed by atoms with Crippen molar-refractivity contribution in [3.63, 3.8) is 0 Å². The van der Waals surface area contributed by atoms with Gasteiger partial charge >= 0.3 is 8.56 Å². The lowest BCUT2D eigenvalue weighted by Crippen LogP contribution is -2.43. The van der Waals surface area contributed by atoms with Gasteiger partial charge in [-0.25, -0.2) is 0 Å². The highest BCUT2D eigenvalue weighted by Gasteiger charge is 2.30. The van der Waals surface area contributed by atoms with Crippen LogP contribution < -0.4 is 5.32 Å². The average molecular weight is 189 g/mol. The molecule has 1 rings (SSSR count). The second kappa shape index (κ2) is 4.96. The molecular weight excluding hydrogens is 170 g/mol. The van der Waals surface area contributed by atoms with Crippen molar-refractivity contribution in [3.05, 3.63) is 0 Å². The van der Waals surface area contributed by atoms with Crippen LogP contribution in [0.3, 0.4) is 0 Å². The van der Waals surface area contributed by atoms with Gasteiger partial charge in [0.05, 0.1) is 0 Å². The van der Waals surface area contributed by atoms with Gasteiger partial charge in [-0.05, 0) is 32.5 Å². The van der Waals surface area contributed by atoms with Gasteiger partial charge in [0.2, 0.25) is 0 Å². The maximum Gasteiger partial charge on any atom is 0.335 e. The third kappa shape index (κ3) is 3.22. The van der Waals surface area contributed by atoms with E-state index in [9.17, 15) is 0 Å². The third-order valence-electron chi connectivity index (χ3n) is 2.12. The van der Waals surface area contributed by atoms with Crippen LogP contribution in [0.5, 0.6) is 0 Å². The van der Waals surface area contributed by atoms with Gasteiger partial charge in [-0.15, -0.1) is 0 Å². The molecule has 1 saturated heterocycles. The molecule has 1 fully saturated rings. The van der Waals surface area contributed by atoms with E-state index in [1.807, 2.05) is 6.92 Å². The first-order valence-corrected chi connectivity index (χ1v) is 7.28. The van der Waals surface area contributed by atoms with Gasteiger partial charge in [0.15, 0.2) is 0 Å². The maximum absolute atomic E-state index is 5.76. The monoisotopic (exact) mass is 189 g/mol. The molecule has 1 aliphatic heterocycles. The van der Waals surface area contributed by atoms with Crippen LogP contribution in [0.4, 0.5) is 0 Å². The molecule has 1 N–H and O–H groups in total. The van der Waals surface area contributed by atoms with Crippen molar-refractivity contribution in [1.82, 2.24) is 5.32 Å². The summed E-state index contributed by atoms with van der Waals surface area (Å²) in [5.74, 6) is 0. The molecule has 0 radical (unpaired) electrons. The second-order valence-electron chi connectivity index (χ2n) is 3.27. The zero-order chi connectivity index (χ0) is 8.86. The van der Waals surface area contributed by atoms with Crippen molar-refractivity contribution < 1.29 is 8.85 Å². The molecule has 4 heteroatoms. The summed E-state index contributed by atoms with van der Waals surface area (Å²) in [5, 5.41) is 3.31. The summed E-state index contributed by atoms with van der Waals surface area (Å²) in [7, 11) is -1.76. The molecule has 0 bridgehead atoms. The van der Waals surface area contributed by atoms with Gasteiger partial charge in [-0.3, -0.25) is 0 Å². The Hall–Kier alpha value is 0.0969. The van der Waals surface area contributed by atoms with E-state index in [-0.39, 0.29) is 0 Å². The highest BCUT2D eigenvalue weighted by Crippen LogP contribution is 2.16. The van der Waals surface area contributed by atoms with Gasteiger partial charge in [-0.1, -0.05) is 0 Å². The predicted molar refractivity (Wildman–Crippen MR) is 51.5 cm³/mol. The van der Waals surface area contributed by atoms with Crippen molar-refractivity contribution >= 4 is 8.56 Å². The Morgan fingerprint density at radius 3 is 3.08 bits per heavy atom. The van der Waals surface area contributed by atoms with Crippen LogP contribution in [0.15, 0.2) is 0 Å². The fourth-order valence-electron chi connectivity index (χ4n) is 1.49. The standard InChI is InChI=1S/C8H19NO2Si/c1-3-10-12(2)8-4-5-9-6-7-11-12/h9H,3-8H2,1-2H3. The first kappa shape index (κ1) is 10.2. The zero-order valence-corrected chi connectivity index (χ0v) is 9.06. The Labute approximate surface area is 75.7 Å². The van der Waals surface area contributed by atoms with E-state index in [4.69, 9.17) is 8.85 Å². The van der Waals surface area contributed by atoms with E-state index < -0.39 is 8.56 Å². The normalized spacial score (nSPS) is 32.5. The molecule has 1 unspecified atom stereocenters. The molecule has 1 aliphatic rings. The first-order chi connectivity index (χ1) is 5.77. The van der Waals surface area contributed by atoms with E-state index in [0.717, 1.165) is 32.3 Å². The molecule has 12 heavy (non-hydrogen) atoms. The lowest BCUT2D eigenvalue weighted by atomic mass is 10.5. The number of hydrogen-bond acceptors (Lipinski definition) is 3. The summed E-state index contributed by atoms with van der Waals surface area (Å²) in [4.78, 5) is 0. The molecule has 1 atom stereocenters. The lowest BCUT2D eigenvalue weighted by Gasteiger charge is -2.28. The van der Waals surface area contributed by atoms with Gasteiger partial charge in [0, 0.05) is 19.8 Å². The Morgan fingerprint density at radius 2 is 2.33 bits per heavy atom. The lowest BCUT2D eigenvalue weighted by molar-refractivity contribution is 0.175. The van der Waals surface area contributed by atoms with Crippen LogP contribution in [0, 0.1) is 0 Å². The summed E-state index contributed by atoms with van der Waals surface area (Å²) in [5.41, 5.74) is 0. The van der Waals surface area contributed by atoms with Gasteiger partial charge in [-0.2, -0.15) is 0 Å². The SMILES string of the molecule is CCO[Si]1(C)CCCNCCO1. The highest BCUT2D eigenvalue weighted by molar-refractivity contribution is 6.66. The van der Waals surface area contributed by atoms with Crippen molar-refractivity contribution in [2.24, 2.45) is 0 Å². The molecule has 1 heterocycles. The fraction of sp³-hybridized carbons (Fsp3) is 1.00. The van der Waals surface area contributed by atoms with Crippen LogP contribution in [0.2, 0.25) is 12.6 Å². The molecule has 0 spiro atoms. The highest BCUT2D eigenvalue weighted by atomic mass is 28.4. The summed E-state index contributed by atoms with van der Waals surface area (Å²) >= 11 is 0. The summed E-state index contributed by atoms with van der Waals surface area (Å²) in [6.45, 7) is 7.88. The van der Waals surface area contributed by atoms with Crippen molar-refractivity contribution in [2.45, 2.75) is 25.9 Å². The number of rotatable bonds is 2. The quantitative estimate of drug-likeness (QED) is 0.660. The van der Waals surface area contributed by atoms with Gasteiger partial charge < -0.3 is 14.2 Å². The van der Waals surface area contributed by atoms with E-state index in [2.05, 4.69) is 11.9 Å². The van der Waals surface area contributed by atoms with Crippen LogP contribution in [0.1, 0.15) is 13.3 Å². The minimum absolute atomic E-state index is 0.788. The Bertz CT molecular complexity index is 124. The van der Waals surface area contributed by atoms with E-state index >= 15 is 0 Å². The summed E-state index contributed by atoms with van der Waals surface area (Å²) < 4.78 is 11.5. The Morgan fingerprint density at radius 1 is 1.50 bits per heavy atom. The molecule has 72 valence electrons. The molecular formula is C8H19NO2Si. The van der Waals surface area contributed by atoms with Crippen LogP contribution in [-0.4, -0.2) is 34.9 Å². The third-order valence-corrected chi connectivity index (χ3v) is 5.10. The van der Waals surface area contributed by atoms with E-state index in [0.29, 0.717) is 0 Å². The Kier molecular flexibility index (Phi) is 4.21.